The zero-order valence-electron chi connectivity index (χ0n) is 11.1. The summed E-state index contributed by atoms with van der Waals surface area (Å²) in [6.07, 6.45) is 0.955. The van der Waals surface area contributed by atoms with E-state index in [2.05, 4.69) is 17.4 Å². The lowest BCUT2D eigenvalue weighted by Gasteiger charge is -2.05. The highest BCUT2D eigenvalue weighted by atomic mass is 35.5. The molecule has 3 heteroatoms. The molecule has 0 spiro atoms. The molecule has 1 N–H and O–H groups in total. The number of hydrogen-bond donors (Lipinski definition) is 1. The summed E-state index contributed by atoms with van der Waals surface area (Å²) in [5, 5.41) is 3.71. The molecule has 1 saturated carbocycles. The van der Waals surface area contributed by atoms with Crippen LogP contribution in [0.25, 0.3) is 0 Å². The van der Waals surface area contributed by atoms with E-state index >= 15 is 0 Å². The van der Waals surface area contributed by atoms with Crippen LogP contribution in [-0.2, 0) is 11.3 Å². The third-order valence-corrected chi connectivity index (χ3v) is 3.99. The van der Waals surface area contributed by atoms with Crippen molar-refractivity contribution in [1.82, 2.24) is 5.32 Å². The summed E-state index contributed by atoms with van der Waals surface area (Å²) in [6, 6.07) is 17.8. The number of carbonyl (C=O) groups is 1. The molecule has 2 nitrogen and oxygen atoms in total. The maximum atomic E-state index is 12.1. The van der Waals surface area contributed by atoms with Crippen LogP contribution in [-0.4, -0.2) is 5.91 Å². The van der Waals surface area contributed by atoms with Gasteiger partial charge < -0.3 is 5.32 Å². The predicted octanol–water partition coefficient (Wildman–Crippen LogP) is 3.76. The summed E-state index contributed by atoms with van der Waals surface area (Å²) in [6.45, 7) is 0.564. The molecular weight excluding hydrogens is 270 g/mol. The molecule has 1 amide bonds. The van der Waals surface area contributed by atoms with Crippen molar-refractivity contribution in [2.24, 2.45) is 5.92 Å². The van der Waals surface area contributed by atoms with Gasteiger partial charge in [-0.1, -0.05) is 54.1 Å². The van der Waals surface area contributed by atoms with E-state index in [0.29, 0.717) is 17.5 Å². The molecular formula is C17H16ClNO. The van der Waals surface area contributed by atoms with Gasteiger partial charge in [0.2, 0.25) is 5.91 Å². The SMILES string of the molecule is O=C(NCc1ccc(Cl)cc1)[C@H]1C[C@H]1c1ccccc1. The van der Waals surface area contributed by atoms with Crippen molar-refractivity contribution in [3.05, 3.63) is 70.7 Å². The lowest BCUT2D eigenvalue weighted by atomic mass is 10.1. The molecule has 2 atom stereocenters. The molecule has 3 rings (SSSR count). The van der Waals surface area contributed by atoms with Crippen molar-refractivity contribution in [1.29, 1.82) is 0 Å². The Morgan fingerprint density at radius 3 is 2.50 bits per heavy atom. The zero-order chi connectivity index (χ0) is 13.9. The fourth-order valence-corrected chi connectivity index (χ4v) is 2.60. The highest BCUT2D eigenvalue weighted by molar-refractivity contribution is 6.30. The molecule has 20 heavy (non-hydrogen) atoms. The van der Waals surface area contributed by atoms with Crippen molar-refractivity contribution >= 4 is 17.5 Å². The highest BCUT2D eigenvalue weighted by Crippen LogP contribution is 2.47. The van der Waals surface area contributed by atoms with Crippen LogP contribution in [0.3, 0.4) is 0 Å². The van der Waals surface area contributed by atoms with Gasteiger partial charge >= 0.3 is 0 Å². The van der Waals surface area contributed by atoms with E-state index in [1.807, 2.05) is 42.5 Å². The Morgan fingerprint density at radius 2 is 1.80 bits per heavy atom. The fraction of sp³-hybridized carbons (Fsp3) is 0.235. The van der Waals surface area contributed by atoms with Crippen molar-refractivity contribution in [3.63, 3.8) is 0 Å². The number of halogens is 1. The van der Waals surface area contributed by atoms with Crippen LogP contribution in [0, 0.1) is 5.92 Å². The molecule has 0 saturated heterocycles. The van der Waals surface area contributed by atoms with E-state index < -0.39 is 0 Å². The maximum Gasteiger partial charge on any atom is 0.224 e. The minimum absolute atomic E-state index is 0.129. The normalized spacial score (nSPS) is 20.4. The van der Waals surface area contributed by atoms with Crippen molar-refractivity contribution < 1.29 is 4.79 Å². The summed E-state index contributed by atoms with van der Waals surface area (Å²) in [4.78, 5) is 12.1. The Bertz CT molecular complexity index is 594. The summed E-state index contributed by atoms with van der Waals surface area (Å²) >= 11 is 5.83. The Labute approximate surface area is 123 Å². The third-order valence-electron chi connectivity index (χ3n) is 3.73. The number of amides is 1. The zero-order valence-corrected chi connectivity index (χ0v) is 11.8. The summed E-state index contributed by atoms with van der Waals surface area (Å²) in [5.41, 5.74) is 2.33. The number of rotatable bonds is 4. The van der Waals surface area contributed by atoms with Gasteiger partial charge in [-0.25, -0.2) is 0 Å². The van der Waals surface area contributed by atoms with Crippen LogP contribution in [0.15, 0.2) is 54.6 Å². The quantitative estimate of drug-likeness (QED) is 0.910. The first-order valence-corrected chi connectivity index (χ1v) is 7.19. The van der Waals surface area contributed by atoms with Gasteiger partial charge in [0.25, 0.3) is 0 Å². The van der Waals surface area contributed by atoms with E-state index in [1.54, 1.807) is 0 Å². The number of benzene rings is 2. The minimum atomic E-state index is 0.129. The first kappa shape index (κ1) is 13.2. The molecule has 0 aromatic heterocycles. The van der Waals surface area contributed by atoms with Gasteiger partial charge in [0.15, 0.2) is 0 Å². The molecule has 2 aromatic rings. The lowest BCUT2D eigenvalue weighted by molar-refractivity contribution is -0.122. The minimum Gasteiger partial charge on any atom is -0.352 e. The largest absolute Gasteiger partial charge is 0.352 e. The summed E-state index contributed by atoms with van der Waals surface area (Å²) < 4.78 is 0. The van der Waals surface area contributed by atoms with Crippen LogP contribution in [0.4, 0.5) is 0 Å². The molecule has 0 aliphatic heterocycles. The topological polar surface area (TPSA) is 29.1 Å². The Hall–Kier alpha value is -1.80. The predicted molar refractivity (Wildman–Crippen MR) is 80.6 cm³/mol. The second kappa shape index (κ2) is 5.68. The Kier molecular flexibility index (Phi) is 3.75. The van der Waals surface area contributed by atoms with Crippen molar-refractivity contribution in [2.75, 3.05) is 0 Å². The molecule has 102 valence electrons. The monoisotopic (exact) mass is 285 g/mol. The average Bonchev–Trinajstić information content (AvgIpc) is 3.28. The lowest BCUT2D eigenvalue weighted by Crippen LogP contribution is -2.24. The second-order valence-corrected chi connectivity index (χ2v) is 5.64. The molecule has 0 unspecified atom stereocenters. The van der Waals surface area contributed by atoms with Gasteiger partial charge in [-0.15, -0.1) is 0 Å². The smallest absolute Gasteiger partial charge is 0.224 e. The van der Waals surface area contributed by atoms with Crippen LogP contribution in [0.2, 0.25) is 5.02 Å². The molecule has 0 heterocycles. The Balaban J connectivity index is 1.53. The number of nitrogens with one attached hydrogen (secondary N) is 1. The average molecular weight is 286 g/mol. The Morgan fingerprint density at radius 1 is 1.10 bits per heavy atom. The first-order valence-electron chi connectivity index (χ1n) is 6.81. The highest BCUT2D eigenvalue weighted by Gasteiger charge is 2.43. The molecule has 0 radical (unpaired) electrons. The molecule has 1 fully saturated rings. The number of hydrogen-bond acceptors (Lipinski definition) is 1. The molecule has 0 bridgehead atoms. The fourth-order valence-electron chi connectivity index (χ4n) is 2.48. The molecule has 1 aliphatic carbocycles. The van der Waals surface area contributed by atoms with Crippen LogP contribution in [0.5, 0.6) is 0 Å². The molecule has 1 aliphatic rings. The van der Waals surface area contributed by atoms with E-state index in [4.69, 9.17) is 11.6 Å². The van der Waals surface area contributed by atoms with E-state index in [0.717, 1.165) is 12.0 Å². The summed E-state index contributed by atoms with van der Waals surface area (Å²) in [7, 11) is 0. The second-order valence-electron chi connectivity index (χ2n) is 5.20. The van der Waals surface area contributed by atoms with Gasteiger partial charge in [-0.3, -0.25) is 4.79 Å². The standard InChI is InChI=1S/C17H16ClNO/c18-14-8-6-12(7-9-14)11-19-17(20)16-10-15(16)13-4-2-1-3-5-13/h1-9,15-16H,10-11H2,(H,19,20)/t15-,16-/m0/s1. The van der Waals surface area contributed by atoms with Gasteiger partial charge in [0, 0.05) is 17.5 Å². The van der Waals surface area contributed by atoms with Crippen LogP contribution in [0.1, 0.15) is 23.5 Å². The number of carbonyl (C=O) groups excluding carboxylic acids is 1. The van der Waals surface area contributed by atoms with Gasteiger partial charge in [-0.05, 0) is 35.6 Å². The van der Waals surface area contributed by atoms with Gasteiger partial charge in [0.05, 0.1) is 0 Å². The van der Waals surface area contributed by atoms with Crippen molar-refractivity contribution in [3.8, 4) is 0 Å². The van der Waals surface area contributed by atoms with Crippen LogP contribution < -0.4 is 5.32 Å². The van der Waals surface area contributed by atoms with Crippen molar-refractivity contribution in [2.45, 2.75) is 18.9 Å². The van der Waals surface area contributed by atoms with E-state index in [-0.39, 0.29) is 11.8 Å². The van der Waals surface area contributed by atoms with Gasteiger partial charge in [-0.2, -0.15) is 0 Å². The van der Waals surface area contributed by atoms with Gasteiger partial charge in [0.1, 0.15) is 0 Å². The summed E-state index contributed by atoms with van der Waals surface area (Å²) in [5.74, 6) is 0.667. The maximum absolute atomic E-state index is 12.1. The first-order chi connectivity index (χ1) is 9.74. The molecule has 2 aromatic carbocycles. The third kappa shape index (κ3) is 3.02. The van der Waals surface area contributed by atoms with Crippen LogP contribution >= 0.6 is 11.6 Å². The van der Waals surface area contributed by atoms with E-state index in [1.165, 1.54) is 5.56 Å². The van der Waals surface area contributed by atoms with E-state index in [9.17, 15) is 4.79 Å².